The maximum atomic E-state index is 14.6. The van der Waals surface area contributed by atoms with Crippen LogP contribution < -0.4 is 10.6 Å². The quantitative estimate of drug-likeness (QED) is 0.725. The fourth-order valence-corrected chi connectivity index (χ4v) is 6.56. The number of hydrogen-bond donors (Lipinski definition) is 2. The Morgan fingerprint density at radius 3 is 2.57 bits per heavy atom. The van der Waals surface area contributed by atoms with Crippen molar-refractivity contribution in [2.24, 2.45) is 11.8 Å². The van der Waals surface area contributed by atoms with Crippen molar-refractivity contribution in [3.63, 3.8) is 0 Å². The van der Waals surface area contributed by atoms with Crippen LogP contribution in [-0.4, -0.2) is 85.4 Å². The van der Waals surface area contributed by atoms with Crippen LogP contribution in [0.3, 0.4) is 0 Å². The van der Waals surface area contributed by atoms with Crippen LogP contribution in [-0.2, 0) is 4.79 Å². The number of hydrogen-bond acceptors (Lipinski definition) is 4. The summed E-state index contributed by atoms with van der Waals surface area (Å²) in [6.07, 6.45) is 5.42. The van der Waals surface area contributed by atoms with Crippen molar-refractivity contribution in [1.82, 2.24) is 20.4 Å². The molecule has 2 saturated carbocycles. The first kappa shape index (κ1) is 22.4. The van der Waals surface area contributed by atoms with E-state index in [1.54, 1.807) is 0 Å². The van der Waals surface area contributed by atoms with Gasteiger partial charge in [0, 0.05) is 43.2 Å². The molecule has 1 amide bonds. The molecule has 30 heavy (non-hydrogen) atoms. The summed E-state index contributed by atoms with van der Waals surface area (Å²) in [6, 6.07) is 0.357. The SMILES string of the molecule is CC1CCC(F)C2CC(C(=O)NC3CCCC(N4CC[C@@H](N(C)C)[C@@H](F)C4)C3)NC12. The molecular formula is C23H40F2N4O. The highest BCUT2D eigenvalue weighted by Gasteiger charge is 2.46. The molecule has 2 heterocycles. The van der Waals surface area contributed by atoms with Crippen molar-refractivity contribution in [3.8, 4) is 0 Å². The summed E-state index contributed by atoms with van der Waals surface area (Å²) in [5.41, 5.74) is 0. The van der Waals surface area contributed by atoms with Gasteiger partial charge in [-0.3, -0.25) is 9.69 Å². The zero-order valence-electron chi connectivity index (χ0n) is 18.8. The van der Waals surface area contributed by atoms with Crippen molar-refractivity contribution in [3.05, 3.63) is 0 Å². The molecule has 2 aliphatic carbocycles. The molecule has 0 aromatic carbocycles. The monoisotopic (exact) mass is 426 g/mol. The van der Waals surface area contributed by atoms with Crippen LogP contribution in [0.15, 0.2) is 0 Å². The second kappa shape index (κ2) is 9.37. The molecule has 2 N–H and O–H groups in total. The lowest BCUT2D eigenvalue weighted by molar-refractivity contribution is -0.124. The molecule has 7 heteroatoms. The molecule has 7 unspecified atom stereocenters. The molecule has 172 valence electrons. The fourth-order valence-electron chi connectivity index (χ4n) is 6.56. The molecular weight excluding hydrogens is 386 g/mol. The number of halogens is 2. The van der Waals surface area contributed by atoms with Crippen LogP contribution in [0.4, 0.5) is 8.78 Å². The van der Waals surface area contributed by atoms with Crippen molar-refractivity contribution in [2.45, 2.75) is 101 Å². The maximum Gasteiger partial charge on any atom is 0.237 e. The molecule has 4 fully saturated rings. The minimum absolute atomic E-state index is 0.0130. The largest absolute Gasteiger partial charge is 0.352 e. The highest BCUT2D eigenvalue weighted by atomic mass is 19.1. The minimum atomic E-state index is -0.814. The second-order valence-corrected chi connectivity index (χ2v) is 10.6. The Balaban J connectivity index is 1.29. The van der Waals surface area contributed by atoms with E-state index in [4.69, 9.17) is 0 Å². The van der Waals surface area contributed by atoms with Gasteiger partial charge in [0.15, 0.2) is 0 Å². The van der Waals surface area contributed by atoms with Gasteiger partial charge >= 0.3 is 0 Å². The Morgan fingerprint density at radius 2 is 1.87 bits per heavy atom. The van der Waals surface area contributed by atoms with E-state index in [-0.39, 0.29) is 36.0 Å². The normalized spacial score (nSPS) is 45.3. The number of nitrogens with one attached hydrogen (secondary N) is 2. The average molecular weight is 427 g/mol. The van der Waals surface area contributed by atoms with Gasteiger partial charge in [-0.1, -0.05) is 6.92 Å². The molecule has 0 bridgehead atoms. The first-order valence-corrected chi connectivity index (χ1v) is 12.1. The number of nitrogens with zero attached hydrogens (tertiary/aromatic N) is 2. The van der Waals surface area contributed by atoms with Crippen LogP contribution in [0.5, 0.6) is 0 Å². The molecule has 0 radical (unpaired) electrons. The van der Waals surface area contributed by atoms with Crippen LogP contribution in [0.2, 0.25) is 0 Å². The first-order chi connectivity index (χ1) is 14.3. The van der Waals surface area contributed by atoms with E-state index in [2.05, 4.69) is 22.5 Å². The van der Waals surface area contributed by atoms with Crippen LogP contribution >= 0.6 is 0 Å². The average Bonchev–Trinajstić information content (AvgIpc) is 3.18. The molecule has 9 atom stereocenters. The Morgan fingerprint density at radius 1 is 1.07 bits per heavy atom. The number of alkyl halides is 2. The van der Waals surface area contributed by atoms with Crippen LogP contribution in [0.1, 0.15) is 58.3 Å². The number of fused-ring (bicyclic) bond motifs is 1. The third-order valence-corrected chi connectivity index (χ3v) is 8.37. The standard InChI is InChI=1S/C23H40F2N4O/c1-14-7-8-18(24)17-12-20(27-22(14)17)23(30)26-15-5-4-6-16(11-15)29-10-9-21(28(2)3)19(25)13-29/h14-22,27H,4-13H2,1-3H3,(H,26,30)/t14?,15?,16?,17?,18?,19-,20?,21+,22?/m0/s1. The van der Waals surface area contributed by atoms with E-state index in [9.17, 15) is 13.6 Å². The summed E-state index contributed by atoms with van der Waals surface area (Å²) in [5.74, 6) is 0.435. The summed E-state index contributed by atoms with van der Waals surface area (Å²) < 4.78 is 29.0. The first-order valence-electron chi connectivity index (χ1n) is 12.1. The smallest absolute Gasteiger partial charge is 0.237 e. The predicted octanol–water partition coefficient (Wildman–Crippen LogP) is 2.50. The number of likely N-dealkylation sites (tertiary alicyclic amines) is 1. The molecule has 5 nitrogen and oxygen atoms in total. The zero-order chi connectivity index (χ0) is 21.4. The van der Waals surface area contributed by atoms with Gasteiger partial charge in [0.1, 0.15) is 12.3 Å². The van der Waals surface area contributed by atoms with Gasteiger partial charge in [-0.05, 0) is 71.4 Å². The third-order valence-electron chi connectivity index (χ3n) is 8.37. The molecule has 0 aromatic heterocycles. The summed E-state index contributed by atoms with van der Waals surface area (Å²) >= 11 is 0. The predicted molar refractivity (Wildman–Crippen MR) is 115 cm³/mol. The van der Waals surface area contributed by atoms with Gasteiger partial charge in [0.25, 0.3) is 0 Å². The molecule has 4 aliphatic rings. The summed E-state index contributed by atoms with van der Waals surface area (Å²) in [7, 11) is 3.91. The van der Waals surface area contributed by atoms with E-state index >= 15 is 0 Å². The summed E-state index contributed by atoms with van der Waals surface area (Å²) in [4.78, 5) is 17.3. The van der Waals surface area contributed by atoms with Crippen molar-refractivity contribution >= 4 is 5.91 Å². The molecule has 2 saturated heterocycles. The second-order valence-electron chi connectivity index (χ2n) is 10.6. The third kappa shape index (κ3) is 4.68. The number of carbonyl (C=O) groups is 1. The number of amides is 1. The summed E-state index contributed by atoms with van der Waals surface area (Å²) in [5, 5.41) is 6.70. The lowest BCUT2D eigenvalue weighted by Gasteiger charge is -2.44. The van der Waals surface area contributed by atoms with Gasteiger partial charge in [0.2, 0.25) is 5.91 Å². The number of rotatable bonds is 4. The van der Waals surface area contributed by atoms with Gasteiger partial charge in [0.05, 0.1) is 6.04 Å². The number of piperidine rings is 1. The van der Waals surface area contributed by atoms with E-state index in [1.165, 1.54) is 0 Å². The van der Waals surface area contributed by atoms with E-state index < -0.39 is 12.3 Å². The Bertz CT molecular complexity index is 588. The maximum absolute atomic E-state index is 14.6. The Kier molecular flexibility index (Phi) is 7.00. The van der Waals surface area contributed by atoms with E-state index in [0.29, 0.717) is 31.3 Å². The van der Waals surface area contributed by atoms with Crippen molar-refractivity contribution < 1.29 is 13.6 Å². The minimum Gasteiger partial charge on any atom is -0.352 e. The molecule has 0 spiro atoms. The van der Waals surface area contributed by atoms with Crippen molar-refractivity contribution in [1.29, 1.82) is 0 Å². The van der Waals surface area contributed by atoms with Gasteiger partial charge in [-0.2, -0.15) is 0 Å². The molecule has 4 rings (SSSR count). The van der Waals surface area contributed by atoms with Crippen LogP contribution in [0.25, 0.3) is 0 Å². The highest BCUT2D eigenvalue weighted by Crippen LogP contribution is 2.38. The van der Waals surface area contributed by atoms with E-state index in [1.807, 2.05) is 19.0 Å². The topological polar surface area (TPSA) is 47.6 Å². The molecule has 0 aromatic rings. The highest BCUT2D eigenvalue weighted by molar-refractivity contribution is 5.82. The zero-order valence-corrected chi connectivity index (χ0v) is 18.8. The van der Waals surface area contributed by atoms with Crippen LogP contribution in [0, 0.1) is 11.8 Å². The number of carbonyl (C=O) groups excluding carboxylic acids is 1. The molecule has 2 aliphatic heterocycles. The Hall–Kier alpha value is -0.790. The van der Waals surface area contributed by atoms with Crippen molar-refractivity contribution in [2.75, 3.05) is 27.2 Å². The van der Waals surface area contributed by atoms with E-state index in [0.717, 1.165) is 45.1 Å². The van der Waals surface area contributed by atoms with Gasteiger partial charge in [-0.15, -0.1) is 0 Å². The van der Waals surface area contributed by atoms with Gasteiger partial charge in [-0.25, -0.2) is 8.78 Å². The summed E-state index contributed by atoms with van der Waals surface area (Å²) in [6.45, 7) is 3.59. The Labute approximate surface area is 180 Å². The van der Waals surface area contributed by atoms with Gasteiger partial charge < -0.3 is 15.5 Å². The lowest BCUT2D eigenvalue weighted by Crippen LogP contribution is -2.56. The fraction of sp³-hybridized carbons (Fsp3) is 0.957. The lowest BCUT2D eigenvalue weighted by atomic mass is 9.77.